The summed E-state index contributed by atoms with van der Waals surface area (Å²) in [5.41, 5.74) is 1.29. The number of nitrogens with one attached hydrogen (secondary N) is 1. The molecule has 0 saturated carbocycles. The molecular formula is C17H23Cl2N5O. The summed E-state index contributed by atoms with van der Waals surface area (Å²) in [5, 5.41) is 12.2. The molecule has 1 unspecified atom stereocenters. The number of hydrogen-bond acceptors (Lipinski definition) is 4. The van der Waals surface area contributed by atoms with E-state index in [0.29, 0.717) is 16.8 Å². The van der Waals surface area contributed by atoms with Crippen molar-refractivity contribution in [3.63, 3.8) is 0 Å². The maximum atomic E-state index is 12.7. The van der Waals surface area contributed by atoms with Gasteiger partial charge in [-0.1, -0.05) is 35.0 Å². The zero-order chi connectivity index (χ0) is 17.1. The van der Waals surface area contributed by atoms with E-state index in [2.05, 4.69) is 15.6 Å². The first-order valence-electron chi connectivity index (χ1n) is 8.22. The molecule has 0 bridgehead atoms. The minimum absolute atomic E-state index is 0. The van der Waals surface area contributed by atoms with Crippen molar-refractivity contribution in [2.24, 2.45) is 0 Å². The minimum Gasteiger partial charge on any atom is -0.333 e. The van der Waals surface area contributed by atoms with Crippen LogP contribution in [0.3, 0.4) is 0 Å². The second-order valence-electron chi connectivity index (χ2n) is 6.18. The highest BCUT2D eigenvalue weighted by atomic mass is 35.5. The van der Waals surface area contributed by atoms with E-state index in [1.165, 1.54) is 0 Å². The number of rotatable bonds is 4. The molecule has 2 aromatic rings. The second kappa shape index (κ2) is 8.65. The summed E-state index contributed by atoms with van der Waals surface area (Å²) in [4.78, 5) is 14.4. The van der Waals surface area contributed by atoms with Crippen LogP contribution >= 0.6 is 24.0 Å². The summed E-state index contributed by atoms with van der Waals surface area (Å²) < 4.78 is 1.82. The van der Waals surface area contributed by atoms with Crippen molar-refractivity contribution in [2.45, 2.75) is 31.8 Å². The number of carbonyl (C=O) groups is 1. The normalized spacial score (nSPS) is 16.1. The molecule has 0 radical (unpaired) electrons. The number of halogens is 2. The van der Waals surface area contributed by atoms with Gasteiger partial charge in [-0.3, -0.25) is 4.79 Å². The lowest BCUT2D eigenvalue weighted by molar-refractivity contribution is 0.0736. The fourth-order valence-corrected chi connectivity index (χ4v) is 3.30. The highest BCUT2D eigenvalue weighted by Crippen LogP contribution is 2.27. The predicted octanol–water partition coefficient (Wildman–Crippen LogP) is 3.11. The first-order valence-corrected chi connectivity index (χ1v) is 8.60. The molecule has 8 heteroatoms. The molecule has 1 aliphatic heterocycles. The van der Waals surface area contributed by atoms with Crippen LogP contribution in [0.25, 0.3) is 0 Å². The van der Waals surface area contributed by atoms with Crippen molar-refractivity contribution < 1.29 is 4.79 Å². The lowest BCUT2D eigenvalue weighted by atomic mass is 10.1. The molecule has 136 valence electrons. The molecule has 3 rings (SSSR count). The zero-order valence-corrected chi connectivity index (χ0v) is 15.9. The molecule has 1 amide bonds. The summed E-state index contributed by atoms with van der Waals surface area (Å²) in [6.45, 7) is 3.89. The van der Waals surface area contributed by atoms with Crippen molar-refractivity contribution in [3.05, 3.63) is 46.7 Å². The van der Waals surface area contributed by atoms with Gasteiger partial charge in [-0.05, 0) is 44.5 Å². The van der Waals surface area contributed by atoms with Crippen molar-refractivity contribution in [3.8, 4) is 0 Å². The summed E-state index contributed by atoms with van der Waals surface area (Å²) >= 11 is 6.24. The molecule has 0 spiro atoms. The van der Waals surface area contributed by atoms with E-state index in [0.717, 1.165) is 31.5 Å². The monoisotopic (exact) mass is 383 g/mol. The molecule has 1 aromatic heterocycles. The van der Waals surface area contributed by atoms with Crippen LogP contribution < -0.4 is 5.32 Å². The lowest BCUT2D eigenvalue weighted by Gasteiger charge is -2.25. The van der Waals surface area contributed by atoms with Gasteiger partial charge >= 0.3 is 0 Å². The number of hydrogen-bond donors (Lipinski definition) is 1. The van der Waals surface area contributed by atoms with Gasteiger partial charge in [0.2, 0.25) is 0 Å². The summed E-state index contributed by atoms with van der Waals surface area (Å²) in [6.07, 6.45) is 3.76. The number of amides is 1. The van der Waals surface area contributed by atoms with Gasteiger partial charge in [0.1, 0.15) is 0 Å². The third-order valence-electron chi connectivity index (χ3n) is 4.67. The van der Waals surface area contributed by atoms with Gasteiger partial charge in [-0.25, -0.2) is 4.68 Å². The summed E-state index contributed by atoms with van der Waals surface area (Å²) in [6, 6.07) is 7.73. The average molecular weight is 384 g/mol. The summed E-state index contributed by atoms with van der Waals surface area (Å²) in [5.74, 6) is -0.150. The number of aromatic nitrogens is 3. The Bertz CT molecular complexity index is 715. The largest absolute Gasteiger partial charge is 0.333 e. The molecule has 2 heterocycles. The SMILES string of the molecule is CC(c1ccccc1Cl)N(C)C(=O)c1cn(C2CCNCC2)nn1.Cl. The van der Waals surface area contributed by atoms with Crippen molar-refractivity contribution in [1.82, 2.24) is 25.2 Å². The average Bonchev–Trinajstić information content (AvgIpc) is 3.11. The maximum Gasteiger partial charge on any atom is 0.276 e. The van der Waals surface area contributed by atoms with Gasteiger partial charge in [0.05, 0.1) is 18.3 Å². The van der Waals surface area contributed by atoms with Crippen LogP contribution in [-0.4, -0.2) is 45.9 Å². The molecular weight excluding hydrogens is 361 g/mol. The fraction of sp³-hybridized carbons (Fsp3) is 0.471. The first-order chi connectivity index (χ1) is 11.6. The quantitative estimate of drug-likeness (QED) is 0.880. The standard InChI is InChI=1S/C17H22ClN5O.ClH/c1-12(14-5-3-4-6-15(14)18)22(2)17(24)16-11-23(21-20-16)13-7-9-19-10-8-13;/h3-6,11-13,19H,7-10H2,1-2H3;1H. The Kier molecular flexibility index (Phi) is 6.81. The van der Waals surface area contributed by atoms with Gasteiger partial charge in [0.25, 0.3) is 5.91 Å². The molecule has 1 aromatic carbocycles. The lowest BCUT2D eigenvalue weighted by Crippen LogP contribution is -2.30. The number of benzene rings is 1. The van der Waals surface area contributed by atoms with Crippen LogP contribution in [0.1, 0.15) is 47.9 Å². The number of nitrogens with zero attached hydrogens (tertiary/aromatic N) is 4. The third kappa shape index (κ3) is 4.32. The fourth-order valence-electron chi connectivity index (χ4n) is 3.00. The van der Waals surface area contributed by atoms with Gasteiger partial charge in [0, 0.05) is 12.1 Å². The number of carbonyl (C=O) groups excluding carboxylic acids is 1. The Labute approximate surface area is 158 Å². The van der Waals surface area contributed by atoms with E-state index in [1.54, 1.807) is 18.1 Å². The van der Waals surface area contributed by atoms with Crippen molar-refractivity contribution in [2.75, 3.05) is 20.1 Å². The van der Waals surface area contributed by atoms with E-state index >= 15 is 0 Å². The molecule has 0 aliphatic carbocycles. The molecule has 25 heavy (non-hydrogen) atoms. The molecule has 1 N–H and O–H groups in total. The van der Waals surface area contributed by atoms with E-state index in [9.17, 15) is 4.79 Å². The highest BCUT2D eigenvalue weighted by molar-refractivity contribution is 6.31. The Morgan fingerprint density at radius 2 is 2.04 bits per heavy atom. The molecule has 1 fully saturated rings. The topological polar surface area (TPSA) is 63.1 Å². The smallest absolute Gasteiger partial charge is 0.276 e. The van der Waals surface area contributed by atoms with E-state index in [1.807, 2.05) is 35.9 Å². The van der Waals surface area contributed by atoms with Gasteiger partial charge < -0.3 is 10.2 Å². The van der Waals surface area contributed by atoms with Crippen LogP contribution in [0.2, 0.25) is 5.02 Å². The molecule has 1 aliphatic rings. The van der Waals surface area contributed by atoms with Crippen molar-refractivity contribution >= 4 is 29.9 Å². The maximum absolute atomic E-state index is 12.7. The number of piperidine rings is 1. The van der Waals surface area contributed by atoms with Crippen LogP contribution in [-0.2, 0) is 0 Å². The van der Waals surface area contributed by atoms with Crippen LogP contribution in [0.5, 0.6) is 0 Å². The first kappa shape index (κ1) is 19.7. The molecule has 1 atom stereocenters. The van der Waals surface area contributed by atoms with Crippen LogP contribution in [0, 0.1) is 0 Å². The Hall–Kier alpha value is -1.63. The molecule has 1 saturated heterocycles. The Balaban J connectivity index is 0.00000225. The zero-order valence-electron chi connectivity index (χ0n) is 14.4. The predicted molar refractivity (Wildman–Crippen MR) is 100 cm³/mol. The third-order valence-corrected chi connectivity index (χ3v) is 5.01. The van der Waals surface area contributed by atoms with Gasteiger partial charge in [0.15, 0.2) is 5.69 Å². The molecule has 6 nitrogen and oxygen atoms in total. The van der Waals surface area contributed by atoms with E-state index in [-0.39, 0.29) is 24.4 Å². The Morgan fingerprint density at radius 3 is 2.72 bits per heavy atom. The summed E-state index contributed by atoms with van der Waals surface area (Å²) in [7, 11) is 1.76. The van der Waals surface area contributed by atoms with E-state index in [4.69, 9.17) is 11.6 Å². The minimum atomic E-state index is -0.150. The van der Waals surface area contributed by atoms with Gasteiger partial charge in [-0.15, -0.1) is 17.5 Å². The second-order valence-corrected chi connectivity index (χ2v) is 6.59. The Morgan fingerprint density at radius 1 is 1.36 bits per heavy atom. The van der Waals surface area contributed by atoms with Crippen LogP contribution in [0.15, 0.2) is 30.5 Å². The van der Waals surface area contributed by atoms with E-state index < -0.39 is 0 Å². The van der Waals surface area contributed by atoms with Crippen molar-refractivity contribution in [1.29, 1.82) is 0 Å². The highest BCUT2D eigenvalue weighted by Gasteiger charge is 2.24. The van der Waals surface area contributed by atoms with Gasteiger partial charge in [-0.2, -0.15) is 0 Å². The van der Waals surface area contributed by atoms with Crippen LogP contribution in [0.4, 0.5) is 0 Å².